The zero-order valence-corrected chi connectivity index (χ0v) is 10.3. The number of nitrogens with zero attached hydrogens (tertiary/aromatic N) is 2. The van der Waals surface area contributed by atoms with Gasteiger partial charge in [-0.25, -0.2) is 0 Å². The van der Waals surface area contributed by atoms with E-state index in [9.17, 15) is 10.1 Å². The lowest BCUT2D eigenvalue weighted by atomic mass is 10.3. The molecule has 1 aromatic heterocycles. The summed E-state index contributed by atoms with van der Waals surface area (Å²) in [6.07, 6.45) is 0. The van der Waals surface area contributed by atoms with Gasteiger partial charge in [0.25, 0.3) is 0 Å². The number of aromatic nitrogens is 1. The minimum atomic E-state index is -0.530. The molecule has 0 fully saturated rings. The van der Waals surface area contributed by atoms with Crippen LogP contribution < -0.4 is 10.1 Å². The summed E-state index contributed by atoms with van der Waals surface area (Å²) in [5.41, 5.74) is 0.601. The van der Waals surface area contributed by atoms with Crippen LogP contribution in [0.15, 0.2) is 12.1 Å². The van der Waals surface area contributed by atoms with Gasteiger partial charge in [0.1, 0.15) is 12.3 Å². The third-order valence-electron chi connectivity index (χ3n) is 2.06. The van der Waals surface area contributed by atoms with E-state index in [1.807, 2.05) is 13.8 Å². The summed E-state index contributed by atoms with van der Waals surface area (Å²) in [6, 6.07) is 3.64. The van der Waals surface area contributed by atoms with Gasteiger partial charge in [-0.05, 0) is 22.0 Å². The normalized spacial score (nSPS) is 10.6. The number of nitrogens with one attached hydrogen (secondary N) is 1. The Morgan fingerprint density at radius 3 is 2.82 bits per heavy atom. The van der Waals surface area contributed by atoms with Crippen molar-refractivity contribution in [2.75, 3.05) is 13.2 Å². The van der Waals surface area contributed by atoms with E-state index >= 15 is 0 Å². The van der Waals surface area contributed by atoms with Crippen LogP contribution in [0.2, 0.25) is 0 Å². The van der Waals surface area contributed by atoms with Crippen LogP contribution in [-0.4, -0.2) is 29.1 Å². The van der Waals surface area contributed by atoms with Crippen LogP contribution in [0, 0.1) is 17.0 Å². The topological polar surface area (TPSA) is 77.3 Å². The SMILES string of the molecule is Cc1ccc(OCCNC(C)C)c([N+](=O)[O-])n1. The number of aryl methyl sites for hydroxylation is 1. The molecule has 0 spiro atoms. The zero-order valence-electron chi connectivity index (χ0n) is 10.3. The number of pyridine rings is 1. The third-order valence-corrected chi connectivity index (χ3v) is 2.06. The molecule has 0 atom stereocenters. The predicted octanol–water partition coefficient (Wildman–Crippen LogP) is 1.68. The smallest absolute Gasteiger partial charge is 0.406 e. The highest BCUT2D eigenvalue weighted by Gasteiger charge is 2.17. The first kappa shape index (κ1) is 13.4. The lowest BCUT2D eigenvalue weighted by Gasteiger charge is -2.09. The van der Waals surface area contributed by atoms with Gasteiger partial charge in [-0.3, -0.25) is 0 Å². The second-order valence-electron chi connectivity index (χ2n) is 3.99. The molecule has 0 bridgehead atoms. The summed E-state index contributed by atoms with van der Waals surface area (Å²) in [4.78, 5) is 14.1. The predicted molar refractivity (Wildman–Crippen MR) is 64.3 cm³/mol. The largest absolute Gasteiger partial charge is 0.484 e. The van der Waals surface area contributed by atoms with Crippen molar-refractivity contribution in [2.24, 2.45) is 0 Å². The van der Waals surface area contributed by atoms with Crippen molar-refractivity contribution in [1.29, 1.82) is 0 Å². The molecular weight excluding hydrogens is 222 g/mol. The maximum atomic E-state index is 10.8. The number of ether oxygens (including phenoxy) is 1. The van der Waals surface area contributed by atoms with Crippen LogP contribution in [-0.2, 0) is 0 Å². The molecule has 1 heterocycles. The van der Waals surface area contributed by atoms with Crippen LogP contribution in [0.25, 0.3) is 0 Å². The molecular formula is C11H17N3O3. The second kappa shape index (κ2) is 6.15. The van der Waals surface area contributed by atoms with E-state index in [0.29, 0.717) is 24.9 Å². The van der Waals surface area contributed by atoms with Crippen molar-refractivity contribution in [3.8, 4) is 5.75 Å². The molecule has 0 saturated heterocycles. The summed E-state index contributed by atoms with van der Waals surface area (Å²) in [7, 11) is 0. The fraction of sp³-hybridized carbons (Fsp3) is 0.545. The summed E-state index contributed by atoms with van der Waals surface area (Å²) in [6.45, 7) is 6.77. The molecule has 0 aliphatic rings. The van der Waals surface area contributed by atoms with E-state index in [4.69, 9.17) is 4.74 Å². The van der Waals surface area contributed by atoms with E-state index in [1.54, 1.807) is 19.1 Å². The Kier molecular flexibility index (Phi) is 4.84. The molecule has 94 valence electrons. The van der Waals surface area contributed by atoms with E-state index < -0.39 is 4.92 Å². The van der Waals surface area contributed by atoms with E-state index in [-0.39, 0.29) is 11.6 Å². The van der Waals surface area contributed by atoms with E-state index in [1.165, 1.54) is 0 Å². The molecule has 1 rings (SSSR count). The molecule has 1 N–H and O–H groups in total. The Hall–Kier alpha value is -1.69. The Bertz CT molecular complexity index is 394. The standard InChI is InChI=1S/C11H17N3O3/c1-8(2)12-6-7-17-10-5-4-9(3)13-11(10)14(15)16/h4-5,8,12H,6-7H2,1-3H3. The van der Waals surface area contributed by atoms with E-state index in [0.717, 1.165) is 0 Å². The highest BCUT2D eigenvalue weighted by molar-refractivity contribution is 5.40. The van der Waals surface area contributed by atoms with Crippen molar-refractivity contribution in [3.63, 3.8) is 0 Å². The molecule has 0 unspecified atom stereocenters. The van der Waals surface area contributed by atoms with Gasteiger partial charge < -0.3 is 20.2 Å². The van der Waals surface area contributed by atoms with Crippen molar-refractivity contribution < 1.29 is 9.66 Å². The Labute approximate surface area is 100 Å². The maximum Gasteiger partial charge on any atom is 0.406 e. The molecule has 6 nitrogen and oxygen atoms in total. The van der Waals surface area contributed by atoms with Gasteiger partial charge in [0.2, 0.25) is 5.75 Å². The average molecular weight is 239 g/mol. The molecule has 0 aliphatic carbocycles. The first-order chi connectivity index (χ1) is 8.00. The first-order valence-corrected chi connectivity index (χ1v) is 5.49. The Balaban J connectivity index is 2.61. The zero-order chi connectivity index (χ0) is 12.8. The quantitative estimate of drug-likeness (QED) is 0.464. The van der Waals surface area contributed by atoms with Crippen molar-refractivity contribution in [3.05, 3.63) is 27.9 Å². The molecule has 0 saturated carbocycles. The number of hydrogen-bond donors (Lipinski definition) is 1. The van der Waals surface area contributed by atoms with Crippen LogP contribution in [0.1, 0.15) is 19.5 Å². The summed E-state index contributed by atoms with van der Waals surface area (Å²) < 4.78 is 5.34. The van der Waals surface area contributed by atoms with Gasteiger partial charge in [0, 0.05) is 19.5 Å². The van der Waals surface area contributed by atoms with E-state index in [2.05, 4.69) is 10.3 Å². The van der Waals surface area contributed by atoms with Crippen molar-refractivity contribution in [2.45, 2.75) is 26.8 Å². The maximum absolute atomic E-state index is 10.8. The van der Waals surface area contributed by atoms with Crippen LogP contribution in [0.4, 0.5) is 5.82 Å². The lowest BCUT2D eigenvalue weighted by Crippen LogP contribution is -2.27. The van der Waals surface area contributed by atoms with Crippen LogP contribution in [0.5, 0.6) is 5.75 Å². The molecule has 0 aromatic carbocycles. The van der Waals surface area contributed by atoms with Gasteiger partial charge in [-0.1, -0.05) is 13.8 Å². The molecule has 6 heteroatoms. The number of nitro groups is 1. The first-order valence-electron chi connectivity index (χ1n) is 5.49. The van der Waals surface area contributed by atoms with Gasteiger partial charge in [0.15, 0.2) is 0 Å². The summed E-state index contributed by atoms with van der Waals surface area (Å²) >= 11 is 0. The minimum absolute atomic E-state index is 0.214. The minimum Gasteiger partial charge on any atom is -0.484 e. The summed E-state index contributed by atoms with van der Waals surface area (Å²) in [5, 5.41) is 13.9. The molecule has 1 aromatic rings. The molecule has 17 heavy (non-hydrogen) atoms. The van der Waals surface area contributed by atoms with Crippen molar-refractivity contribution >= 4 is 5.82 Å². The fourth-order valence-electron chi connectivity index (χ4n) is 1.28. The second-order valence-corrected chi connectivity index (χ2v) is 3.99. The Morgan fingerprint density at radius 2 is 2.24 bits per heavy atom. The van der Waals surface area contributed by atoms with Gasteiger partial charge in [0.05, 0.1) is 0 Å². The van der Waals surface area contributed by atoms with Crippen LogP contribution in [0.3, 0.4) is 0 Å². The number of hydrogen-bond acceptors (Lipinski definition) is 5. The monoisotopic (exact) mass is 239 g/mol. The molecule has 0 aliphatic heterocycles. The van der Waals surface area contributed by atoms with Gasteiger partial charge in [-0.15, -0.1) is 0 Å². The summed E-state index contributed by atoms with van der Waals surface area (Å²) in [5.74, 6) is -0.0132. The average Bonchev–Trinajstić information content (AvgIpc) is 2.25. The fourth-order valence-corrected chi connectivity index (χ4v) is 1.28. The third kappa shape index (κ3) is 4.36. The molecule has 0 radical (unpaired) electrons. The van der Waals surface area contributed by atoms with Gasteiger partial charge >= 0.3 is 5.82 Å². The highest BCUT2D eigenvalue weighted by Crippen LogP contribution is 2.23. The lowest BCUT2D eigenvalue weighted by molar-refractivity contribution is -0.390. The van der Waals surface area contributed by atoms with Gasteiger partial charge in [-0.2, -0.15) is 0 Å². The van der Waals surface area contributed by atoms with Crippen LogP contribution >= 0.6 is 0 Å². The molecule has 0 amide bonds. The Morgan fingerprint density at radius 1 is 1.53 bits per heavy atom. The van der Waals surface area contributed by atoms with Crippen molar-refractivity contribution in [1.82, 2.24) is 10.3 Å². The number of rotatable bonds is 6. The highest BCUT2D eigenvalue weighted by atomic mass is 16.6.